The van der Waals surface area contributed by atoms with Gasteiger partial charge < -0.3 is 15.0 Å². The number of ether oxygens (including phenoxy) is 1. The summed E-state index contributed by atoms with van der Waals surface area (Å²) >= 11 is 0. The summed E-state index contributed by atoms with van der Waals surface area (Å²) in [5.74, 6) is -1.40. The minimum atomic E-state index is -4.01. The van der Waals surface area contributed by atoms with Gasteiger partial charge in [-0.3, -0.25) is 9.59 Å². The van der Waals surface area contributed by atoms with Gasteiger partial charge in [0.1, 0.15) is 11.9 Å². The van der Waals surface area contributed by atoms with Crippen molar-refractivity contribution in [2.24, 2.45) is 5.92 Å². The van der Waals surface area contributed by atoms with Crippen LogP contribution in [0.5, 0.6) is 0 Å². The van der Waals surface area contributed by atoms with Gasteiger partial charge in [-0.1, -0.05) is 33.1 Å². The van der Waals surface area contributed by atoms with E-state index in [0.717, 1.165) is 69.2 Å². The van der Waals surface area contributed by atoms with Crippen LogP contribution in [0.2, 0.25) is 0 Å². The predicted octanol–water partition coefficient (Wildman–Crippen LogP) is 2.59. The van der Waals surface area contributed by atoms with Gasteiger partial charge in [0.25, 0.3) is 0 Å². The van der Waals surface area contributed by atoms with Gasteiger partial charge in [0, 0.05) is 19.2 Å². The van der Waals surface area contributed by atoms with Crippen LogP contribution in [0.4, 0.5) is 4.39 Å². The Bertz CT molecular complexity index is 926. The van der Waals surface area contributed by atoms with Crippen molar-refractivity contribution in [2.75, 3.05) is 19.7 Å². The Morgan fingerprint density at radius 3 is 2.35 bits per heavy atom. The summed E-state index contributed by atoms with van der Waals surface area (Å²) < 4.78 is 46.4. The van der Waals surface area contributed by atoms with E-state index in [0.29, 0.717) is 13.2 Å². The number of sulfonamides is 1. The molecule has 8 nitrogen and oxygen atoms in total. The van der Waals surface area contributed by atoms with Gasteiger partial charge in [-0.15, -0.1) is 0 Å². The first-order chi connectivity index (χ1) is 16.2. The maximum atomic E-state index is 13.4. The van der Waals surface area contributed by atoms with Crippen LogP contribution < -0.4 is 10.0 Å². The molecule has 0 aromatic heterocycles. The number of amides is 2. The summed E-state index contributed by atoms with van der Waals surface area (Å²) in [6.45, 7) is 4.39. The molecule has 10 heteroatoms. The van der Waals surface area contributed by atoms with Crippen molar-refractivity contribution in [3.05, 3.63) is 30.1 Å². The van der Waals surface area contributed by atoms with E-state index in [9.17, 15) is 22.4 Å². The third-order valence-corrected chi connectivity index (χ3v) is 7.94. The van der Waals surface area contributed by atoms with E-state index in [-0.39, 0.29) is 28.9 Å². The first kappa shape index (κ1) is 26.6. The van der Waals surface area contributed by atoms with Gasteiger partial charge >= 0.3 is 0 Å². The van der Waals surface area contributed by atoms with Crippen molar-refractivity contribution in [3.63, 3.8) is 0 Å². The Labute approximate surface area is 201 Å². The zero-order chi connectivity index (χ0) is 24.7. The molecule has 0 unspecified atom stereocenters. The number of nitrogens with one attached hydrogen (secondary N) is 2. The predicted molar refractivity (Wildman–Crippen MR) is 126 cm³/mol. The van der Waals surface area contributed by atoms with Crippen molar-refractivity contribution < 1.29 is 27.1 Å². The lowest BCUT2D eigenvalue weighted by Gasteiger charge is -2.41. The Kier molecular flexibility index (Phi) is 9.44. The molecule has 2 fully saturated rings. The number of nitrogens with zero attached hydrogens (tertiary/aromatic N) is 1. The highest BCUT2D eigenvalue weighted by molar-refractivity contribution is 7.89. The molecule has 1 aromatic rings. The molecule has 2 N–H and O–H groups in total. The highest BCUT2D eigenvalue weighted by Crippen LogP contribution is 2.27. The molecule has 1 saturated carbocycles. The molecule has 1 saturated heterocycles. The topological polar surface area (TPSA) is 105 Å². The van der Waals surface area contributed by atoms with Crippen LogP contribution in [0.25, 0.3) is 0 Å². The minimum Gasteiger partial charge on any atom is -0.376 e. The molecular weight excluding hydrogens is 461 g/mol. The molecule has 0 spiro atoms. The molecule has 1 aliphatic carbocycles. The van der Waals surface area contributed by atoms with E-state index >= 15 is 0 Å². The summed E-state index contributed by atoms with van der Waals surface area (Å²) in [7, 11) is -4.01. The average molecular weight is 498 g/mol. The number of carbonyl (C=O) groups excluding carboxylic acids is 2. The fourth-order valence-corrected chi connectivity index (χ4v) is 5.74. The second-order valence-corrected chi connectivity index (χ2v) is 11.2. The van der Waals surface area contributed by atoms with E-state index in [1.165, 1.54) is 0 Å². The van der Waals surface area contributed by atoms with Crippen molar-refractivity contribution in [2.45, 2.75) is 81.9 Å². The van der Waals surface area contributed by atoms with Crippen LogP contribution in [0.1, 0.15) is 58.8 Å². The number of benzene rings is 1. The molecule has 0 radical (unpaired) electrons. The first-order valence-corrected chi connectivity index (χ1v) is 13.6. The van der Waals surface area contributed by atoms with E-state index in [4.69, 9.17) is 4.74 Å². The average Bonchev–Trinajstić information content (AvgIpc) is 3.34. The smallest absolute Gasteiger partial charge is 0.243 e. The summed E-state index contributed by atoms with van der Waals surface area (Å²) in [4.78, 5) is 28.1. The molecule has 3 rings (SSSR count). The summed E-state index contributed by atoms with van der Waals surface area (Å²) in [6.07, 6.45) is 6.39. The lowest BCUT2D eigenvalue weighted by molar-refractivity contribution is -0.145. The normalized spacial score (nSPS) is 20.3. The molecule has 34 heavy (non-hydrogen) atoms. The zero-order valence-corrected chi connectivity index (χ0v) is 20.8. The second kappa shape index (κ2) is 12.1. The van der Waals surface area contributed by atoms with E-state index in [2.05, 4.69) is 10.0 Å². The van der Waals surface area contributed by atoms with E-state index < -0.39 is 34.3 Å². The maximum absolute atomic E-state index is 13.4. The molecule has 2 amide bonds. The molecule has 2 aliphatic rings. The maximum Gasteiger partial charge on any atom is 0.243 e. The summed E-state index contributed by atoms with van der Waals surface area (Å²) in [6, 6.07) is 3.56. The summed E-state index contributed by atoms with van der Waals surface area (Å²) in [5, 5.41) is 2.95. The highest BCUT2D eigenvalue weighted by atomic mass is 32.2. The van der Waals surface area contributed by atoms with Crippen LogP contribution in [0.3, 0.4) is 0 Å². The van der Waals surface area contributed by atoms with Gasteiger partial charge in [0.15, 0.2) is 0 Å². The van der Waals surface area contributed by atoms with Gasteiger partial charge in [0.05, 0.1) is 17.5 Å². The third kappa shape index (κ3) is 6.99. The minimum absolute atomic E-state index is 0.0156. The lowest BCUT2D eigenvalue weighted by Crippen LogP contribution is -2.58. The number of halogens is 1. The van der Waals surface area contributed by atoms with E-state index in [1.807, 2.05) is 13.8 Å². The van der Waals surface area contributed by atoms with Crippen molar-refractivity contribution >= 4 is 21.8 Å². The van der Waals surface area contributed by atoms with Crippen LogP contribution >= 0.6 is 0 Å². The van der Waals surface area contributed by atoms with Gasteiger partial charge in [-0.05, 0) is 55.9 Å². The number of rotatable bonds is 10. The molecule has 0 bridgehead atoms. The Morgan fingerprint density at radius 1 is 1.09 bits per heavy atom. The SMILES string of the molecule is CC(C)[C@H](C(=O)NC[C@H]1CCCO1)N(C(=O)CNS(=O)(=O)c1ccc(F)cc1)C1CCCCC1. The van der Waals surface area contributed by atoms with Crippen LogP contribution in [-0.2, 0) is 24.3 Å². The Morgan fingerprint density at radius 2 is 1.76 bits per heavy atom. The fourth-order valence-electron chi connectivity index (χ4n) is 4.76. The van der Waals surface area contributed by atoms with Crippen molar-refractivity contribution in [1.82, 2.24) is 14.9 Å². The molecule has 1 aliphatic heterocycles. The third-order valence-electron chi connectivity index (χ3n) is 6.52. The van der Waals surface area contributed by atoms with Gasteiger partial charge in [0.2, 0.25) is 21.8 Å². The van der Waals surface area contributed by atoms with Crippen LogP contribution in [0, 0.1) is 11.7 Å². The van der Waals surface area contributed by atoms with Crippen LogP contribution in [-0.4, -0.2) is 63.0 Å². The molecule has 2 atom stereocenters. The largest absolute Gasteiger partial charge is 0.376 e. The molecule has 1 heterocycles. The Balaban J connectivity index is 1.75. The van der Waals surface area contributed by atoms with E-state index in [1.54, 1.807) is 4.90 Å². The first-order valence-electron chi connectivity index (χ1n) is 12.1. The number of hydrogen-bond acceptors (Lipinski definition) is 5. The Hall–Kier alpha value is -2.04. The highest BCUT2D eigenvalue weighted by Gasteiger charge is 2.38. The molecule has 190 valence electrons. The standard InChI is InChI=1S/C24H36FN3O5S/c1-17(2)23(24(30)26-15-20-9-6-14-33-20)28(19-7-4-3-5-8-19)22(29)16-27-34(31,32)21-12-10-18(25)11-13-21/h10-13,17,19-20,23,27H,3-9,14-16H2,1-2H3,(H,26,30)/t20-,23-/m1/s1. The lowest BCUT2D eigenvalue weighted by atomic mass is 9.90. The molecule has 1 aromatic carbocycles. The van der Waals surface area contributed by atoms with Crippen LogP contribution in [0.15, 0.2) is 29.2 Å². The van der Waals surface area contributed by atoms with Gasteiger partial charge in [-0.25, -0.2) is 17.5 Å². The second-order valence-electron chi connectivity index (χ2n) is 9.44. The number of hydrogen-bond donors (Lipinski definition) is 2. The quantitative estimate of drug-likeness (QED) is 0.517. The van der Waals surface area contributed by atoms with Gasteiger partial charge in [-0.2, -0.15) is 0 Å². The molecular formula is C24H36FN3O5S. The van der Waals surface area contributed by atoms with Crippen molar-refractivity contribution in [3.8, 4) is 0 Å². The summed E-state index contributed by atoms with van der Waals surface area (Å²) in [5.41, 5.74) is 0. The zero-order valence-electron chi connectivity index (χ0n) is 20.0. The monoisotopic (exact) mass is 497 g/mol. The fraction of sp³-hybridized carbons (Fsp3) is 0.667. The number of carbonyl (C=O) groups is 2. The van der Waals surface area contributed by atoms with Crippen molar-refractivity contribution in [1.29, 1.82) is 0 Å².